The summed E-state index contributed by atoms with van der Waals surface area (Å²) in [5.74, 6) is -0.00561. The highest BCUT2D eigenvalue weighted by Gasteiger charge is 2.37. The highest BCUT2D eigenvalue weighted by Crippen LogP contribution is 2.50. The molecule has 8 heteroatoms. The third-order valence-corrected chi connectivity index (χ3v) is 5.69. The van der Waals surface area contributed by atoms with E-state index >= 15 is 0 Å². The van der Waals surface area contributed by atoms with Crippen molar-refractivity contribution in [3.63, 3.8) is 0 Å². The molecule has 0 unspecified atom stereocenters. The lowest BCUT2D eigenvalue weighted by Crippen LogP contribution is -2.12. The van der Waals surface area contributed by atoms with E-state index in [1.807, 2.05) is 0 Å². The Balaban J connectivity index is 2.29. The van der Waals surface area contributed by atoms with Crippen LogP contribution in [0.15, 0.2) is 60.7 Å². The van der Waals surface area contributed by atoms with Crippen LogP contribution in [0.4, 0.5) is 0 Å². The topological polar surface area (TPSA) is 78.9 Å². The van der Waals surface area contributed by atoms with Crippen LogP contribution >= 0.6 is 7.82 Å². The van der Waals surface area contributed by atoms with Crippen LogP contribution in [0.25, 0.3) is 0 Å². The van der Waals surface area contributed by atoms with Crippen LogP contribution in [-0.2, 0) is 18.7 Å². The van der Waals surface area contributed by atoms with Crippen molar-refractivity contribution in [1.82, 2.24) is 0 Å². The molecular formula is C14H15O6PS. The quantitative estimate of drug-likeness (QED) is 0.715. The van der Waals surface area contributed by atoms with Gasteiger partial charge >= 0.3 is 7.82 Å². The number of rotatable bonds is 7. The predicted octanol–water partition coefficient (Wildman–Crippen LogP) is 3.62. The zero-order chi connectivity index (χ0) is 16.1. The summed E-state index contributed by atoms with van der Waals surface area (Å²) < 4.78 is 51.0. The van der Waals surface area contributed by atoms with Gasteiger partial charge in [0.25, 0.3) is 10.1 Å². The van der Waals surface area contributed by atoms with Crippen LogP contribution in [0.1, 0.15) is 6.92 Å². The first-order valence-corrected chi connectivity index (χ1v) is 9.49. The summed E-state index contributed by atoms with van der Waals surface area (Å²) in [5.41, 5.74) is 0. The van der Waals surface area contributed by atoms with Crippen molar-refractivity contribution in [3.8, 4) is 11.5 Å². The van der Waals surface area contributed by atoms with E-state index in [9.17, 15) is 13.0 Å². The van der Waals surface area contributed by atoms with Gasteiger partial charge in [0.05, 0.1) is 5.75 Å². The second-order valence-corrected chi connectivity index (χ2v) is 7.73. The molecule has 0 aliphatic rings. The minimum Gasteiger partial charge on any atom is -0.394 e. The van der Waals surface area contributed by atoms with E-state index in [1.165, 1.54) is 31.2 Å². The molecule has 0 heterocycles. The SMILES string of the molecule is CCS(=O)(=O)OP(=O)(Oc1ccccc1)Oc1ccccc1. The lowest BCUT2D eigenvalue weighted by molar-refractivity contribution is 0.300. The van der Waals surface area contributed by atoms with Gasteiger partial charge in [0, 0.05) is 0 Å². The molecule has 2 aromatic carbocycles. The standard InChI is InChI=1S/C14H15O6PS/c1-2-22(16,17)20-21(15,18-13-9-5-3-6-10-13)19-14-11-7-4-8-12-14/h3-12H,2H2,1H3. The summed E-state index contributed by atoms with van der Waals surface area (Å²) in [6, 6.07) is 16.1. The molecule has 2 aromatic rings. The summed E-state index contributed by atoms with van der Waals surface area (Å²) >= 11 is 0. The summed E-state index contributed by atoms with van der Waals surface area (Å²) in [7, 11) is -8.42. The maximum absolute atomic E-state index is 12.7. The molecule has 6 nitrogen and oxygen atoms in total. The minimum absolute atomic E-state index is 0.174. The maximum atomic E-state index is 12.7. The highest BCUT2D eigenvalue weighted by atomic mass is 32.2. The van der Waals surface area contributed by atoms with Crippen molar-refractivity contribution >= 4 is 17.9 Å². The fourth-order valence-corrected chi connectivity index (χ4v) is 4.04. The zero-order valence-electron chi connectivity index (χ0n) is 11.8. The highest BCUT2D eigenvalue weighted by molar-refractivity contribution is 7.90. The molecule has 0 atom stereocenters. The van der Waals surface area contributed by atoms with Crippen molar-refractivity contribution in [1.29, 1.82) is 0 Å². The van der Waals surface area contributed by atoms with Gasteiger partial charge in [-0.2, -0.15) is 8.42 Å². The van der Waals surface area contributed by atoms with Crippen LogP contribution < -0.4 is 9.05 Å². The average molecular weight is 342 g/mol. The van der Waals surface area contributed by atoms with Gasteiger partial charge in [-0.3, -0.25) is 0 Å². The maximum Gasteiger partial charge on any atom is 0.602 e. The summed E-state index contributed by atoms with van der Waals surface area (Å²) in [5, 5.41) is 0. The number of hydrogen-bond acceptors (Lipinski definition) is 6. The van der Waals surface area contributed by atoms with Crippen molar-refractivity contribution in [3.05, 3.63) is 60.7 Å². The Hall–Kier alpha value is -1.82. The zero-order valence-corrected chi connectivity index (χ0v) is 13.5. The first-order valence-electron chi connectivity index (χ1n) is 6.46. The number of phosphoric ester groups is 1. The minimum atomic E-state index is -4.39. The van der Waals surface area contributed by atoms with Crippen molar-refractivity contribution < 1.29 is 26.0 Å². The molecule has 2 rings (SSSR count). The molecule has 0 fully saturated rings. The number of hydrogen-bond donors (Lipinski definition) is 0. The van der Waals surface area contributed by atoms with Gasteiger partial charge in [0.1, 0.15) is 11.5 Å². The molecule has 0 aliphatic carbocycles. The first-order chi connectivity index (χ1) is 10.4. The Labute approximate surface area is 129 Å². The Bertz CT molecular complexity index is 700. The van der Waals surface area contributed by atoms with E-state index in [0.717, 1.165) is 0 Å². The molecule has 22 heavy (non-hydrogen) atoms. The molecule has 0 bridgehead atoms. The second kappa shape index (κ2) is 6.96. The fourth-order valence-electron chi connectivity index (χ4n) is 1.46. The molecule has 0 saturated heterocycles. The van der Waals surface area contributed by atoms with Crippen LogP contribution in [0, 0.1) is 0 Å². The Morgan fingerprint density at radius 3 is 1.64 bits per heavy atom. The van der Waals surface area contributed by atoms with Gasteiger partial charge in [-0.05, 0) is 31.2 Å². The van der Waals surface area contributed by atoms with E-state index in [-0.39, 0.29) is 17.3 Å². The molecule has 0 saturated carbocycles. The molecule has 0 aromatic heterocycles. The van der Waals surface area contributed by atoms with Crippen LogP contribution in [0.3, 0.4) is 0 Å². The van der Waals surface area contributed by atoms with Crippen molar-refractivity contribution in [2.24, 2.45) is 0 Å². The molecule has 118 valence electrons. The summed E-state index contributed by atoms with van der Waals surface area (Å²) in [4.78, 5) is 0. The third kappa shape index (κ3) is 4.87. The van der Waals surface area contributed by atoms with E-state index in [0.29, 0.717) is 0 Å². The van der Waals surface area contributed by atoms with Gasteiger partial charge in [0.15, 0.2) is 0 Å². The van der Waals surface area contributed by atoms with Gasteiger partial charge in [0.2, 0.25) is 0 Å². The Kier molecular flexibility index (Phi) is 5.24. The normalized spacial score (nSPS) is 11.9. The van der Waals surface area contributed by atoms with E-state index in [2.05, 4.69) is 3.97 Å². The van der Waals surface area contributed by atoms with Crippen LogP contribution in [-0.4, -0.2) is 14.2 Å². The monoisotopic (exact) mass is 342 g/mol. The molecule has 0 N–H and O–H groups in total. The number of phosphoric acid groups is 1. The lowest BCUT2D eigenvalue weighted by atomic mass is 10.3. The number of benzene rings is 2. The van der Waals surface area contributed by atoms with Gasteiger partial charge < -0.3 is 9.05 Å². The Morgan fingerprint density at radius 2 is 1.27 bits per heavy atom. The van der Waals surface area contributed by atoms with Crippen LogP contribution in [0.2, 0.25) is 0 Å². The van der Waals surface area contributed by atoms with E-state index in [1.54, 1.807) is 36.4 Å². The number of para-hydroxylation sites is 2. The Morgan fingerprint density at radius 1 is 0.864 bits per heavy atom. The van der Waals surface area contributed by atoms with Crippen molar-refractivity contribution in [2.75, 3.05) is 5.75 Å². The molecule has 0 spiro atoms. The largest absolute Gasteiger partial charge is 0.602 e. The van der Waals surface area contributed by atoms with E-state index < -0.39 is 17.9 Å². The average Bonchev–Trinajstić information content (AvgIpc) is 2.48. The molecule has 0 aliphatic heterocycles. The fraction of sp³-hybridized carbons (Fsp3) is 0.143. The van der Waals surface area contributed by atoms with Gasteiger partial charge in [-0.15, -0.1) is 3.97 Å². The smallest absolute Gasteiger partial charge is 0.394 e. The van der Waals surface area contributed by atoms with Gasteiger partial charge in [-0.25, -0.2) is 4.57 Å². The molecule has 0 amide bonds. The molecular weight excluding hydrogens is 327 g/mol. The van der Waals surface area contributed by atoms with E-state index in [4.69, 9.17) is 9.05 Å². The lowest BCUT2D eigenvalue weighted by Gasteiger charge is -2.18. The molecule has 0 radical (unpaired) electrons. The predicted molar refractivity (Wildman–Crippen MR) is 82.3 cm³/mol. The summed E-state index contributed by atoms with van der Waals surface area (Å²) in [6.45, 7) is 1.37. The van der Waals surface area contributed by atoms with Crippen LogP contribution in [0.5, 0.6) is 11.5 Å². The first kappa shape index (κ1) is 16.5. The summed E-state index contributed by atoms with van der Waals surface area (Å²) in [6.07, 6.45) is 0. The van der Waals surface area contributed by atoms with Gasteiger partial charge in [-0.1, -0.05) is 36.4 Å². The third-order valence-electron chi connectivity index (χ3n) is 2.48. The van der Waals surface area contributed by atoms with Crippen molar-refractivity contribution in [2.45, 2.75) is 6.92 Å². The second-order valence-electron chi connectivity index (χ2n) is 4.18.